The Kier molecular flexibility index (Phi) is 34.0. The summed E-state index contributed by atoms with van der Waals surface area (Å²) in [5, 5.41) is 0. The molecule has 0 saturated carbocycles. The summed E-state index contributed by atoms with van der Waals surface area (Å²) in [6, 6.07) is 0. The summed E-state index contributed by atoms with van der Waals surface area (Å²) in [5.74, 6) is 0.854. The average molecular weight is 744 g/mol. The van der Waals surface area contributed by atoms with Crippen molar-refractivity contribution in [3.63, 3.8) is 0 Å². The summed E-state index contributed by atoms with van der Waals surface area (Å²) >= 11 is 0. The number of carbonyl (C=O) groups excluding carboxylic acids is 2. The Bertz CT molecular complexity index is 990. The largest absolute Gasteiger partial charge is 0.466 e. The molecule has 1 fully saturated rings. The molecule has 3 unspecified atom stereocenters. The van der Waals surface area contributed by atoms with Gasteiger partial charge in [-0.3, -0.25) is 9.59 Å². The minimum atomic E-state index is -0.0842. The van der Waals surface area contributed by atoms with Gasteiger partial charge in [0.2, 0.25) is 0 Å². The first-order valence-electron chi connectivity index (χ1n) is 22.1. The van der Waals surface area contributed by atoms with Gasteiger partial charge in [0.25, 0.3) is 0 Å². The van der Waals surface area contributed by atoms with Gasteiger partial charge in [0.1, 0.15) is 6.79 Å². The molecule has 3 atom stereocenters. The fraction of sp³-hybridized carbons (Fsp3) is 0.848. The Balaban J connectivity index is 2.22. The highest BCUT2D eigenvalue weighted by Crippen LogP contribution is 2.19. The zero-order valence-electron chi connectivity index (χ0n) is 34.7. The molecule has 1 saturated heterocycles. The van der Waals surface area contributed by atoms with Crippen molar-refractivity contribution >= 4 is 11.9 Å². The summed E-state index contributed by atoms with van der Waals surface area (Å²) in [5.41, 5.74) is 8.39. The summed E-state index contributed by atoms with van der Waals surface area (Å²) in [4.78, 5) is 26.9. The van der Waals surface area contributed by atoms with Crippen LogP contribution >= 0.6 is 0 Å². The highest BCUT2D eigenvalue weighted by molar-refractivity contribution is 5.69. The van der Waals surface area contributed by atoms with Crippen LogP contribution < -0.4 is 0 Å². The Labute approximate surface area is 326 Å². The Morgan fingerprint density at radius 1 is 0.679 bits per heavy atom. The van der Waals surface area contributed by atoms with E-state index < -0.39 is 0 Å². The summed E-state index contributed by atoms with van der Waals surface area (Å²) < 4.78 is 23.2. The van der Waals surface area contributed by atoms with E-state index >= 15 is 0 Å². The lowest BCUT2D eigenvalue weighted by molar-refractivity contribution is -0.145. The molecule has 0 aromatic heterocycles. The van der Waals surface area contributed by atoms with Gasteiger partial charge in [0.05, 0.1) is 25.9 Å². The van der Waals surface area contributed by atoms with E-state index in [2.05, 4.69) is 49.4 Å². The van der Waals surface area contributed by atoms with Crippen molar-refractivity contribution in [3.05, 3.63) is 29.8 Å². The van der Waals surface area contributed by atoms with E-state index in [0.29, 0.717) is 44.7 Å². The maximum absolute atomic E-state index is 12.3. The standard InChI is InChI=1S/C46H81NO6/c1-5-8-17-26-42(4)33-38-51-45(48)31-22-15-11-13-20-29-44(53-41-50-40-37-47-35-24-25-36-47)30-21-14-12-16-23-32-46(49)52-39-34-43(27-18-9-6-2)28-19-10-7-3/h27,42-44H,2,5,7-8,10-17,19-26,28-41H2,1,3-4H3. The van der Waals surface area contributed by atoms with Gasteiger partial charge < -0.3 is 23.8 Å². The lowest BCUT2D eigenvalue weighted by Gasteiger charge is -2.19. The molecule has 1 heterocycles. The number of carbonyl (C=O) groups is 2. The number of esters is 2. The number of rotatable bonds is 37. The molecule has 0 bridgehead atoms. The quantitative estimate of drug-likeness (QED) is 0.0271. The van der Waals surface area contributed by atoms with Crippen molar-refractivity contribution in [2.45, 2.75) is 194 Å². The first-order valence-corrected chi connectivity index (χ1v) is 22.1. The van der Waals surface area contributed by atoms with Gasteiger partial charge in [-0.15, -0.1) is 0 Å². The van der Waals surface area contributed by atoms with Crippen molar-refractivity contribution in [2.24, 2.45) is 11.8 Å². The Hall–Kier alpha value is -2.10. The zero-order valence-corrected chi connectivity index (χ0v) is 34.7. The minimum Gasteiger partial charge on any atom is -0.466 e. The van der Waals surface area contributed by atoms with E-state index in [1.54, 1.807) is 0 Å². The topological polar surface area (TPSA) is 74.3 Å². The molecular formula is C46H81NO6. The molecule has 0 N–H and O–H groups in total. The van der Waals surface area contributed by atoms with Crippen molar-refractivity contribution in [2.75, 3.05) is 46.2 Å². The number of nitrogens with zero attached hydrogens (tertiary/aromatic N) is 1. The minimum absolute atomic E-state index is 0.0368. The second kappa shape index (κ2) is 36.9. The Morgan fingerprint density at radius 2 is 1.23 bits per heavy atom. The van der Waals surface area contributed by atoms with Crippen molar-refractivity contribution in [1.82, 2.24) is 4.90 Å². The van der Waals surface area contributed by atoms with Crippen molar-refractivity contribution in [1.29, 1.82) is 0 Å². The summed E-state index contributed by atoms with van der Waals surface area (Å²) in [6.07, 6.45) is 30.3. The molecule has 1 rings (SSSR count). The second-order valence-electron chi connectivity index (χ2n) is 15.5. The van der Waals surface area contributed by atoms with Gasteiger partial charge in [0.15, 0.2) is 0 Å². The first kappa shape index (κ1) is 48.9. The van der Waals surface area contributed by atoms with Crippen LogP contribution in [0.1, 0.15) is 188 Å². The van der Waals surface area contributed by atoms with Crippen LogP contribution in [0.2, 0.25) is 0 Å². The molecule has 0 aromatic carbocycles. The highest BCUT2D eigenvalue weighted by atomic mass is 16.7. The van der Waals surface area contributed by atoms with Crippen LogP contribution in [0, 0.1) is 11.8 Å². The monoisotopic (exact) mass is 744 g/mol. The van der Waals surface area contributed by atoms with Gasteiger partial charge in [0, 0.05) is 19.4 Å². The molecule has 0 aliphatic carbocycles. The maximum atomic E-state index is 12.3. The summed E-state index contributed by atoms with van der Waals surface area (Å²) in [7, 11) is 0. The number of unbranched alkanes of at least 4 members (excludes halogenated alkanes) is 12. The Morgan fingerprint density at radius 3 is 1.83 bits per heavy atom. The molecule has 53 heavy (non-hydrogen) atoms. The molecule has 1 aliphatic heterocycles. The maximum Gasteiger partial charge on any atom is 0.305 e. The van der Waals surface area contributed by atoms with E-state index in [1.165, 1.54) is 70.9 Å². The molecule has 0 aromatic rings. The van der Waals surface area contributed by atoms with Crippen LogP contribution in [-0.4, -0.2) is 69.2 Å². The van der Waals surface area contributed by atoms with E-state index in [9.17, 15) is 9.59 Å². The molecule has 0 radical (unpaired) electrons. The average Bonchev–Trinajstić information content (AvgIpc) is 3.67. The lowest BCUT2D eigenvalue weighted by Crippen LogP contribution is -2.25. The van der Waals surface area contributed by atoms with E-state index in [1.807, 2.05) is 6.08 Å². The van der Waals surface area contributed by atoms with Crippen LogP contribution in [0.4, 0.5) is 0 Å². The van der Waals surface area contributed by atoms with Gasteiger partial charge in [-0.2, -0.15) is 0 Å². The van der Waals surface area contributed by atoms with E-state index in [0.717, 1.165) is 109 Å². The number of ether oxygens (including phenoxy) is 4. The van der Waals surface area contributed by atoms with Crippen molar-refractivity contribution < 1.29 is 28.5 Å². The van der Waals surface area contributed by atoms with Gasteiger partial charge in [-0.25, -0.2) is 0 Å². The third kappa shape index (κ3) is 31.9. The van der Waals surface area contributed by atoms with Gasteiger partial charge in [-0.1, -0.05) is 129 Å². The van der Waals surface area contributed by atoms with E-state index in [-0.39, 0.29) is 18.0 Å². The zero-order chi connectivity index (χ0) is 38.5. The molecule has 7 nitrogen and oxygen atoms in total. The normalized spacial score (nSPS) is 14.5. The number of hydrogen-bond acceptors (Lipinski definition) is 7. The van der Waals surface area contributed by atoms with Gasteiger partial charge >= 0.3 is 11.9 Å². The van der Waals surface area contributed by atoms with Crippen LogP contribution in [0.15, 0.2) is 29.8 Å². The fourth-order valence-corrected chi connectivity index (χ4v) is 6.97. The van der Waals surface area contributed by atoms with Crippen molar-refractivity contribution in [3.8, 4) is 0 Å². The van der Waals surface area contributed by atoms with Crippen LogP contribution in [0.3, 0.4) is 0 Å². The number of hydrogen-bond donors (Lipinski definition) is 0. The van der Waals surface area contributed by atoms with Crippen LogP contribution in [0.25, 0.3) is 0 Å². The third-order valence-electron chi connectivity index (χ3n) is 10.5. The van der Waals surface area contributed by atoms with Gasteiger partial charge in [-0.05, 0) is 101 Å². The highest BCUT2D eigenvalue weighted by Gasteiger charge is 2.13. The van der Waals surface area contributed by atoms with Crippen LogP contribution in [-0.2, 0) is 28.5 Å². The predicted molar refractivity (Wildman–Crippen MR) is 219 cm³/mol. The number of allylic oxidation sites excluding steroid dienone is 1. The molecule has 1 aliphatic rings. The molecule has 0 amide bonds. The lowest BCUT2D eigenvalue weighted by atomic mass is 9.98. The summed E-state index contributed by atoms with van der Waals surface area (Å²) in [6.45, 7) is 15.8. The molecule has 7 heteroatoms. The smallest absolute Gasteiger partial charge is 0.305 e. The first-order chi connectivity index (χ1) is 26.0. The predicted octanol–water partition coefficient (Wildman–Crippen LogP) is 11.8. The SMILES string of the molecule is C=C=C=C=CC(CCCCC)CCOC(=O)CCCCCCCC(CCCCCCCC(=O)OCCC(C)CCCCC)OCOCCN1CCCC1. The third-order valence-corrected chi connectivity index (χ3v) is 10.5. The van der Waals surface area contributed by atoms with E-state index in [4.69, 9.17) is 18.9 Å². The molecular weight excluding hydrogens is 663 g/mol. The fourth-order valence-electron chi connectivity index (χ4n) is 6.97. The molecule has 0 spiro atoms. The number of likely N-dealkylation sites (tertiary alicyclic amines) is 1. The second-order valence-corrected chi connectivity index (χ2v) is 15.5. The van der Waals surface area contributed by atoms with Crippen LogP contribution in [0.5, 0.6) is 0 Å². The molecule has 306 valence electrons.